The van der Waals surface area contributed by atoms with Crippen molar-refractivity contribution < 1.29 is 4.79 Å². The van der Waals surface area contributed by atoms with E-state index in [0.717, 1.165) is 49.7 Å². The number of benzene rings is 1. The molecule has 1 saturated heterocycles. The van der Waals surface area contributed by atoms with E-state index in [1.54, 1.807) is 17.0 Å². The molecule has 7 heteroatoms. The largest absolute Gasteiger partial charge is 0.304 e. The third-order valence-electron chi connectivity index (χ3n) is 4.18. The lowest BCUT2D eigenvalue weighted by atomic mass is 10.2. The second-order valence-corrected chi connectivity index (χ2v) is 7.59. The maximum Gasteiger partial charge on any atom is 0.219 e. The van der Waals surface area contributed by atoms with Gasteiger partial charge in [-0.25, -0.2) is 0 Å². The summed E-state index contributed by atoms with van der Waals surface area (Å²) in [4.78, 5) is 17.9. The van der Waals surface area contributed by atoms with Crippen molar-refractivity contribution in [2.45, 2.75) is 6.54 Å². The molecule has 0 aliphatic carbocycles. The number of hydrogen-bond acceptors (Lipinski definition) is 4. The lowest BCUT2D eigenvalue weighted by Gasteiger charge is -2.32. The first-order valence-corrected chi connectivity index (χ1v) is 9.39. The standard InChI is InChI=1S/C17H19Cl2N3OS/c1-20-5-7-21(8-6-20)10-13-11-24-17(16(13)19)22(12-23)15-4-2-3-14(18)9-15/h2-4,9,11-12H,5-8,10H2,1H3. The Morgan fingerprint density at radius 1 is 1.25 bits per heavy atom. The topological polar surface area (TPSA) is 26.8 Å². The number of carbonyl (C=O) groups is 1. The summed E-state index contributed by atoms with van der Waals surface area (Å²) < 4.78 is 0. The minimum absolute atomic E-state index is 0.588. The molecule has 1 amide bonds. The van der Waals surface area contributed by atoms with Gasteiger partial charge in [-0.1, -0.05) is 29.3 Å². The Kier molecular flexibility index (Phi) is 5.79. The summed E-state index contributed by atoms with van der Waals surface area (Å²) in [5.41, 5.74) is 1.78. The predicted octanol–water partition coefficient (Wildman–Crippen LogP) is 4.10. The third-order valence-corrected chi connectivity index (χ3v) is 5.98. The first-order chi connectivity index (χ1) is 11.6. The molecule has 128 valence electrons. The predicted molar refractivity (Wildman–Crippen MR) is 102 cm³/mol. The fraction of sp³-hybridized carbons (Fsp3) is 0.353. The highest BCUT2D eigenvalue weighted by molar-refractivity contribution is 7.15. The zero-order valence-corrected chi connectivity index (χ0v) is 15.7. The molecule has 1 aliphatic rings. The molecule has 0 atom stereocenters. The fourth-order valence-corrected chi connectivity index (χ4v) is 4.27. The van der Waals surface area contributed by atoms with E-state index in [1.165, 1.54) is 11.3 Å². The number of anilines is 2. The van der Waals surface area contributed by atoms with E-state index in [0.29, 0.717) is 15.7 Å². The molecule has 1 fully saturated rings. The molecule has 3 rings (SSSR count). The number of piperazine rings is 1. The number of thiophene rings is 1. The molecule has 0 unspecified atom stereocenters. The van der Waals surface area contributed by atoms with E-state index in [4.69, 9.17) is 23.2 Å². The SMILES string of the molecule is CN1CCN(Cc2csc(N(C=O)c3cccc(Cl)c3)c2Cl)CC1. The average molecular weight is 384 g/mol. The number of likely N-dealkylation sites (N-methyl/N-ethyl adjacent to an activating group) is 1. The van der Waals surface area contributed by atoms with Crippen LogP contribution in [0.2, 0.25) is 10.0 Å². The maximum atomic E-state index is 11.6. The van der Waals surface area contributed by atoms with Crippen LogP contribution >= 0.6 is 34.5 Å². The molecular formula is C17H19Cl2N3OS. The summed E-state index contributed by atoms with van der Waals surface area (Å²) in [6.07, 6.45) is 0.781. The molecule has 1 aromatic carbocycles. The molecule has 0 spiro atoms. The van der Waals surface area contributed by atoms with Crippen molar-refractivity contribution in [2.75, 3.05) is 38.1 Å². The quantitative estimate of drug-likeness (QED) is 0.727. The van der Waals surface area contributed by atoms with Crippen molar-refractivity contribution in [2.24, 2.45) is 0 Å². The molecule has 0 saturated carbocycles. The van der Waals surface area contributed by atoms with Crippen molar-refractivity contribution in [3.8, 4) is 0 Å². The second-order valence-electron chi connectivity index (χ2n) is 5.91. The number of halogens is 2. The maximum absolute atomic E-state index is 11.6. The zero-order chi connectivity index (χ0) is 17.1. The van der Waals surface area contributed by atoms with E-state index in [9.17, 15) is 4.79 Å². The minimum atomic E-state index is 0.588. The third kappa shape index (κ3) is 3.92. The van der Waals surface area contributed by atoms with E-state index < -0.39 is 0 Å². The summed E-state index contributed by atoms with van der Waals surface area (Å²) in [6.45, 7) is 5.01. The van der Waals surface area contributed by atoms with Crippen molar-refractivity contribution in [3.05, 3.63) is 45.3 Å². The summed E-state index contributed by atoms with van der Waals surface area (Å²) in [5, 5.41) is 4.01. The summed E-state index contributed by atoms with van der Waals surface area (Å²) in [6, 6.07) is 7.20. The van der Waals surface area contributed by atoms with Crippen LogP contribution in [0.3, 0.4) is 0 Å². The molecule has 1 aliphatic heterocycles. The van der Waals surface area contributed by atoms with Gasteiger partial charge >= 0.3 is 0 Å². The highest BCUT2D eigenvalue weighted by atomic mass is 35.5. The van der Waals surface area contributed by atoms with Crippen LogP contribution in [-0.4, -0.2) is 49.4 Å². The molecular weight excluding hydrogens is 365 g/mol. The molecule has 24 heavy (non-hydrogen) atoms. The Morgan fingerprint density at radius 2 is 2.00 bits per heavy atom. The number of amides is 1. The molecule has 0 bridgehead atoms. The molecule has 0 radical (unpaired) electrons. The van der Waals surface area contributed by atoms with Crippen LogP contribution < -0.4 is 4.90 Å². The van der Waals surface area contributed by atoms with Gasteiger partial charge in [0.2, 0.25) is 6.41 Å². The van der Waals surface area contributed by atoms with Gasteiger partial charge in [0.15, 0.2) is 0 Å². The van der Waals surface area contributed by atoms with Gasteiger partial charge < -0.3 is 4.90 Å². The lowest BCUT2D eigenvalue weighted by Crippen LogP contribution is -2.43. The van der Waals surface area contributed by atoms with E-state index >= 15 is 0 Å². The van der Waals surface area contributed by atoms with Gasteiger partial charge in [-0.05, 0) is 36.2 Å². The minimum Gasteiger partial charge on any atom is -0.304 e. The molecule has 0 N–H and O–H groups in total. The van der Waals surface area contributed by atoms with Crippen LogP contribution in [0.1, 0.15) is 5.56 Å². The van der Waals surface area contributed by atoms with Crippen LogP contribution in [0, 0.1) is 0 Å². The monoisotopic (exact) mass is 383 g/mol. The number of rotatable bonds is 5. The Morgan fingerprint density at radius 3 is 2.67 bits per heavy atom. The van der Waals surface area contributed by atoms with Crippen LogP contribution in [-0.2, 0) is 11.3 Å². The highest BCUT2D eigenvalue weighted by Gasteiger charge is 2.20. The number of nitrogens with zero attached hydrogens (tertiary/aromatic N) is 3. The fourth-order valence-electron chi connectivity index (χ4n) is 2.74. The van der Waals surface area contributed by atoms with Gasteiger partial charge in [-0.15, -0.1) is 11.3 Å². The van der Waals surface area contributed by atoms with Crippen LogP contribution in [0.25, 0.3) is 0 Å². The van der Waals surface area contributed by atoms with Crippen molar-refractivity contribution in [3.63, 3.8) is 0 Å². The zero-order valence-electron chi connectivity index (χ0n) is 13.4. The smallest absolute Gasteiger partial charge is 0.219 e. The Balaban J connectivity index is 1.79. The molecule has 2 aromatic rings. The lowest BCUT2D eigenvalue weighted by molar-refractivity contribution is -0.106. The highest BCUT2D eigenvalue weighted by Crippen LogP contribution is 2.40. The van der Waals surface area contributed by atoms with Gasteiger partial charge in [-0.3, -0.25) is 14.6 Å². The van der Waals surface area contributed by atoms with Crippen molar-refractivity contribution >= 4 is 51.6 Å². The summed E-state index contributed by atoms with van der Waals surface area (Å²) in [7, 11) is 2.14. The summed E-state index contributed by atoms with van der Waals surface area (Å²) in [5.74, 6) is 0. The van der Waals surface area contributed by atoms with Gasteiger partial charge in [0.25, 0.3) is 0 Å². The van der Waals surface area contributed by atoms with Crippen molar-refractivity contribution in [1.29, 1.82) is 0 Å². The van der Waals surface area contributed by atoms with E-state index in [1.807, 2.05) is 17.5 Å². The Bertz CT molecular complexity index is 714. The first kappa shape index (κ1) is 17.7. The van der Waals surface area contributed by atoms with Crippen LogP contribution in [0.4, 0.5) is 10.7 Å². The van der Waals surface area contributed by atoms with E-state index in [-0.39, 0.29) is 0 Å². The number of hydrogen-bond donors (Lipinski definition) is 0. The molecule has 1 aromatic heterocycles. The van der Waals surface area contributed by atoms with Gasteiger partial charge in [0, 0.05) is 37.7 Å². The van der Waals surface area contributed by atoms with Gasteiger partial charge in [0.05, 0.1) is 10.7 Å². The number of carbonyl (C=O) groups excluding carboxylic acids is 1. The van der Waals surface area contributed by atoms with Gasteiger partial charge in [0.1, 0.15) is 5.00 Å². The van der Waals surface area contributed by atoms with Crippen LogP contribution in [0.15, 0.2) is 29.6 Å². The molecule has 4 nitrogen and oxygen atoms in total. The normalized spacial score (nSPS) is 16.3. The summed E-state index contributed by atoms with van der Waals surface area (Å²) >= 11 is 14.1. The van der Waals surface area contributed by atoms with E-state index in [2.05, 4.69) is 16.8 Å². The van der Waals surface area contributed by atoms with Crippen molar-refractivity contribution in [1.82, 2.24) is 9.80 Å². The second kappa shape index (κ2) is 7.85. The van der Waals surface area contributed by atoms with Crippen LogP contribution in [0.5, 0.6) is 0 Å². The average Bonchev–Trinajstić information content (AvgIpc) is 2.92. The molecule has 2 heterocycles. The Labute approximate surface area is 156 Å². The first-order valence-electron chi connectivity index (χ1n) is 7.75. The van der Waals surface area contributed by atoms with Gasteiger partial charge in [-0.2, -0.15) is 0 Å². The Hall–Kier alpha value is -1.11.